The van der Waals surface area contributed by atoms with E-state index in [1.54, 1.807) is 11.8 Å². The Morgan fingerprint density at radius 2 is 2.50 bits per heavy atom. The molecule has 0 aliphatic rings. The van der Waals surface area contributed by atoms with E-state index in [0.29, 0.717) is 17.4 Å². The molecule has 0 aromatic carbocycles. The van der Waals surface area contributed by atoms with Crippen molar-refractivity contribution < 1.29 is 4.79 Å². The lowest BCUT2D eigenvalue weighted by Gasteiger charge is -2.03. The number of aryl methyl sites for hydroxylation is 1. The first-order valence-corrected chi connectivity index (χ1v) is 7.30. The number of amides is 1. The van der Waals surface area contributed by atoms with Gasteiger partial charge in [0.05, 0.1) is 11.4 Å². The van der Waals surface area contributed by atoms with Gasteiger partial charge in [0.15, 0.2) is 5.13 Å². The third-order valence-electron chi connectivity index (χ3n) is 1.94. The number of rotatable bonds is 7. The molecule has 0 atom stereocenters. The summed E-state index contributed by atoms with van der Waals surface area (Å²) in [5, 5.41) is 5.45. The molecule has 0 radical (unpaired) electrons. The molecule has 0 fully saturated rings. The number of hydrogen-bond donors (Lipinski definition) is 2. The summed E-state index contributed by atoms with van der Waals surface area (Å²) in [4.78, 5) is 15.4. The molecular formula is C10H17N3OS2. The van der Waals surface area contributed by atoms with Gasteiger partial charge in [-0.2, -0.15) is 11.8 Å². The highest BCUT2D eigenvalue weighted by molar-refractivity contribution is 7.99. The van der Waals surface area contributed by atoms with Crippen LogP contribution in [0.2, 0.25) is 0 Å². The van der Waals surface area contributed by atoms with Crippen LogP contribution in [0.15, 0.2) is 5.38 Å². The minimum atomic E-state index is 0.115. The quantitative estimate of drug-likeness (QED) is 0.729. The lowest BCUT2D eigenvalue weighted by molar-refractivity contribution is -0.118. The Morgan fingerprint density at radius 1 is 1.69 bits per heavy atom. The minimum Gasteiger partial charge on any atom is -0.375 e. The number of anilines is 1. The standard InChI is InChI=1S/C10H17N3OS2/c1-2-15-7-9(14)12-5-3-4-8-6-16-10(11)13-8/h6H,2-5,7H2,1H3,(H2,11,13)(H,12,14). The predicted octanol–water partition coefficient (Wildman–Crippen LogP) is 1.53. The first-order chi connectivity index (χ1) is 7.72. The molecule has 3 N–H and O–H groups in total. The Bertz CT molecular complexity index is 328. The van der Waals surface area contributed by atoms with Gasteiger partial charge in [-0.3, -0.25) is 4.79 Å². The Balaban J connectivity index is 2.05. The second kappa shape index (κ2) is 7.51. The number of thiazole rings is 1. The van der Waals surface area contributed by atoms with Gasteiger partial charge >= 0.3 is 0 Å². The molecule has 90 valence electrons. The molecular weight excluding hydrogens is 242 g/mol. The monoisotopic (exact) mass is 259 g/mol. The van der Waals surface area contributed by atoms with Gasteiger partial charge < -0.3 is 11.1 Å². The van der Waals surface area contributed by atoms with E-state index in [1.165, 1.54) is 11.3 Å². The van der Waals surface area contributed by atoms with Crippen molar-refractivity contribution in [3.63, 3.8) is 0 Å². The van der Waals surface area contributed by atoms with Crippen LogP contribution in [0.5, 0.6) is 0 Å². The molecule has 0 bridgehead atoms. The number of aromatic nitrogens is 1. The second-order valence-electron chi connectivity index (χ2n) is 3.27. The number of nitrogen functional groups attached to an aromatic ring is 1. The maximum atomic E-state index is 11.3. The van der Waals surface area contributed by atoms with Crippen molar-refractivity contribution >= 4 is 34.1 Å². The molecule has 0 unspecified atom stereocenters. The average molecular weight is 259 g/mol. The molecule has 16 heavy (non-hydrogen) atoms. The molecule has 0 saturated carbocycles. The number of carbonyl (C=O) groups is 1. The van der Waals surface area contributed by atoms with Crippen LogP contribution in [0, 0.1) is 0 Å². The third-order valence-corrected chi connectivity index (χ3v) is 3.54. The number of nitrogens with two attached hydrogens (primary N) is 1. The topological polar surface area (TPSA) is 68.0 Å². The van der Waals surface area contributed by atoms with Crippen LogP contribution in [-0.4, -0.2) is 28.9 Å². The van der Waals surface area contributed by atoms with Gasteiger partial charge in [0.2, 0.25) is 5.91 Å². The van der Waals surface area contributed by atoms with Gasteiger partial charge in [-0.05, 0) is 18.6 Å². The van der Waals surface area contributed by atoms with Gasteiger partial charge in [-0.25, -0.2) is 4.98 Å². The summed E-state index contributed by atoms with van der Waals surface area (Å²) in [7, 11) is 0. The first kappa shape index (κ1) is 13.3. The van der Waals surface area contributed by atoms with E-state index in [1.807, 2.05) is 12.3 Å². The van der Waals surface area contributed by atoms with Crippen molar-refractivity contribution in [2.75, 3.05) is 23.8 Å². The zero-order valence-corrected chi connectivity index (χ0v) is 11.0. The number of nitrogens with zero attached hydrogens (tertiary/aromatic N) is 1. The van der Waals surface area contributed by atoms with Crippen LogP contribution in [0.4, 0.5) is 5.13 Å². The Morgan fingerprint density at radius 3 is 3.12 bits per heavy atom. The predicted molar refractivity (Wildman–Crippen MR) is 70.9 cm³/mol. The highest BCUT2D eigenvalue weighted by atomic mass is 32.2. The van der Waals surface area contributed by atoms with Crippen molar-refractivity contribution in [2.24, 2.45) is 0 Å². The number of thioether (sulfide) groups is 1. The van der Waals surface area contributed by atoms with Gasteiger partial charge in [0, 0.05) is 11.9 Å². The maximum Gasteiger partial charge on any atom is 0.229 e. The van der Waals surface area contributed by atoms with E-state index in [9.17, 15) is 4.79 Å². The lowest BCUT2D eigenvalue weighted by atomic mass is 10.2. The van der Waals surface area contributed by atoms with Crippen LogP contribution in [0.25, 0.3) is 0 Å². The van der Waals surface area contributed by atoms with Crippen LogP contribution in [0.1, 0.15) is 19.0 Å². The number of hydrogen-bond acceptors (Lipinski definition) is 5. The highest BCUT2D eigenvalue weighted by Gasteiger charge is 2.01. The highest BCUT2D eigenvalue weighted by Crippen LogP contribution is 2.12. The van der Waals surface area contributed by atoms with E-state index in [4.69, 9.17) is 5.73 Å². The van der Waals surface area contributed by atoms with Crippen molar-refractivity contribution in [3.8, 4) is 0 Å². The molecule has 1 heterocycles. The van der Waals surface area contributed by atoms with Crippen LogP contribution >= 0.6 is 23.1 Å². The third kappa shape index (κ3) is 5.37. The zero-order valence-electron chi connectivity index (χ0n) is 9.36. The summed E-state index contributed by atoms with van der Waals surface area (Å²) < 4.78 is 0. The van der Waals surface area contributed by atoms with E-state index in [-0.39, 0.29) is 5.91 Å². The summed E-state index contributed by atoms with van der Waals surface area (Å²) in [6.45, 7) is 2.76. The number of carbonyl (C=O) groups excluding carboxylic acids is 1. The SMILES string of the molecule is CCSCC(=O)NCCCc1csc(N)n1. The molecule has 4 nitrogen and oxygen atoms in total. The molecule has 0 saturated heterocycles. The van der Waals surface area contributed by atoms with Crippen molar-refractivity contribution in [1.82, 2.24) is 10.3 Å². The molecule has 0 aliphatic carbocycles. The first-order valence-electron chi connectivity index (χ1n) is 5.26. The Kier molecular flexibility index (Phi) is 6.25. The van der Waals surface area contributed by atoms with E-state index < -0.39 is 0 Å². The molecule has 1 aromatic rings. The van der Waals surface area contributed by atoms with Gasteiger partial charge in [0.25, 0.3) is 0 Å². The summed E-state index contributed by atoms with van der Waals surface area (Å²) in [6, 6.07) is 0. The lowest BCUT2D eigenvalue weighted by Crippen LogP contribution is -2.26. The molecule has 1 amide bonds. The van der Waals surface area contributed by atoms with E-state index >= 15 is 0 Å². The van der Waals surface area contributed by atoms with Crippen LogP contribution in [0.3, 0.4) is 0 Å². The molecule has 0 spiro atoms. The van der Waals surface area contributed by atoms with Crippen LogP contribution < -0.4 is 11.1 Å². The van der Waals surface area contributed by atoms with E-state index in [0.717, 1.165) is 24.3 Å². The van der Waals surface area contributed by atoms with Gasteiger partial charge in [-0.15, -0.1) is 11.3 Å². The maximum absolute atomic E-state index is 11.3. The van der Waals surface area contributed by atoms with Gasteiger partial charge in [-0.1, -0.05) is 6.92 Å². The van der Waals surface area contributed by atoms with Crippen molar-refractivity contribution in [1.29, 1.82) is 0 Å². The number of nitrogens with one attached hydrogen (secondary N) is 1. The fraction of sp³-hybridized carbons (Fsp3) is 0.600. The smallest absolute Gasteiger partial charge is 0.229 e. The molecule has 6 heteroatoms. The summed E-state index contributed by atoms with van der Waals surface area (Å²) in [6.07, 6.45) is 1.78. The fourth-order valence-corrected chi connectivity index (χ4v) is 2.27. The van der Waals surface area contributed by atoms with Gasteiger partial charge in [0.1, 0.15) is 0 Å². The Hall–Kier alpha value is -0.750. The van der Waals surface area contributed by atoms with Crippen LogP contribution in [-0.2, 0) is 11.2 Å². The molecule has 1 aromatic heterocycles. The largest absolute Gasteiger partial charge is 0.375 e. The molecule has 1 rings (SSSR count). The summed E-state index contributed by atoms with van der Waals surface area (Å²) in [5.41, 5.74) is 6.53. The normalized spacial score (nSPS) is 10.3. The summed E-state index contributed by atoms with van der Waals surface area (Å²) in [5.74, 6) is 1.65. The van der Waals surface area contributed by atoms with E-state index in [2.05, 4.69) is 10.3 Å². The zero-order chi connectivity index (χ0) is 11.8. The van der Waals surface area contributed by atoms with Crippen molar-refractivity contribution in [3.05, 3.63) is 11.1 Å². The second-order valence-corrected chi connectivity index (χ2v) is 5.43. The fourth-order valence-electron chi connectivity index (χ4n) is 1.18. The minimum absolute atomic E-state index is 0.115. The average Bonchev–Trinajstić information content (AvgIpc) is 2.67. The van der Waals surface area contributed by atoms with Crippen molar-refractivity contribution in [2.45, 2.75) is 19.8 Å². The Labute approximate surface area is 104 Å². The summed E-state index contributed by atoms with van der Waals surface area (Å²) >= 11 is 3.09. The molecule has 0 aliphatic heterocycles.